The summed E-state index contributed by atoms with van der Waals surface area (Å²) < 4.78 is 91.4. The molecule has 4 rings (SSSR count). The molecule has 0 unspecified atom stereocenters. The molecule has 0 radical (unpaired) electrons. The van der Waals surface area contributed by atoms with Crippen LogP contribution in [0.15, 0.2) is 45.7 Å². The van der Waals surface area contributed by atoms with E-state index in [-0.39, 0.29) is 23.3 Å². The number of furan rings is 1. The molecule has 12 heteroatoms. The van der Waals surface area contributed by atoms with Gasteiger partial charge in [0.15, 0.2) is 5.76 Å². The van der Waals surface area contributed by atoms with Crippen LogP contribution >= 0.6 is 0 Å². The zero-order chi connectivity index (χ0) is 24.0. The largest absolute Gasteiger partial charge is 0.492 e. The maximum atomic E-state index is 14.5. The third kappa shape index (κ3) is 4.47. The maximum absolute atomic E-state index is 14.5. The highest BCUT2D eigenvalue weighted by Gasteiger charge is 2.34. The molecule has 1 aromatic heterocycles. The number of amides is 1. The van der Waals surface area contributed by atoms with Crippen LogP contribution in [0, 0.1) is 5.82 Å². The van der Waals surface area contributed by atoms with Gasteiger partial charge in [-0.1, -0.05) is 0 Å². The van der Waals surface area contributed by atoms with Crippen LogP contribution in [0.4, 0.5) is 23.2 Å². The number of hydrogen-bond acceptors (Lipinski definition) is 6. The van der Waals surface area contributed by atoms with Crippen molar-refractivity contribution in [3.63, 3.8) is 0 Å². The number of rotatable bonds is 6. The lowest BCUT2D eigenvalue weighted by Crippen LogP contribution is -2.36. The van der Waals surface area contributed by atoms with Crippen molar-refractivity contribution in [3.05, 3.63) is 53.5 Å². The summed E-state index contributed by atoms with van der Waals surface area (Å²) in [6, 6.07) is 5.75. The number of hydrogen-bond donors (Lipinski definition) is 1. The third-order valence-corrected chi connectivity index (χ3v) is 6.46. The van der Waals surface area contributed by atoms with Gasteiger partial charge in [0, 0.05) is 30.9 Å². The number of alkyl halides is 3. The summed E-state index contributed by atoms with van der Waals surface area (Å²) in [5, 5.41) is -0.0316. The number of ether oxygens (including phenoxy) is 1. The van der Waals surface area contributed by atoms with Gasteiger partial charge in [-0.15, -0.1) is 0 Å². The lowest BCUT2D eigenvalue weighted by Gasteiger charge is -2.33. The van der Waals surface area contributed by atoms with Gasteiger partial charge in [-0.05, 0) is 37.6 Å². The molecule has 7 nitrogen and oxygen atoms in total. The van der Waals surface area contributed by atoms with E-state index in [1.165, 1.54) is 19.1 Å². The van der Waals surface area contributed by atoms with Gasteiger partial charge in [0.1, 0.15) is 22.0 Å². The maximum Gasteiger partial charge on any atom is 0.416 e. The summed E-state index contributed by atoms with van der Waals surface area (Å²) in [4.78, 5) is 13.6. The Morgan fingerprint density at radius 3 is 2.52 bits per heavy atom. The number of halogens is 4. The molecule has 1 aliphatic heterocycles. The fourth-order valence-electron chi connectivity index (χ4n) is 3.35. The fourth-order valence-corrected chi connectivity index (χ4v) is 4.48. The summed E-state index contributed by atoms with van der Waals surface area (Å²) in [5.41, 5.74) is -0.637. The number of anilines is 1. The van der Waals surface area contributed by atoms with Gasteiger partial charge in [-0.25, -0.2) is 17.5 Å². The molecule has 0 bridgehead atoms. The lowest BCUT2D eigenvalue weighted by atomic mass is 10.1. The molecule has 1 fully saturated rings. The number of carbonyl (C=O) groups is 1. The van der Waals surface area contributed by atoms with Crippen LogP contribution in [0.5, 0.6) is 5.75 Å². The summed E-state index contributed by atoms with van der Waals surface area (Å²) in [5.74, 6) is -2.80. The normalized spacial score (nSPS) is 14.3. The predicted octanol–water partition coefficient (Wildman–Crippen LogP) is 4.32. The Hall–Kier alpha value is -3.28. The Labute approximate surface area is 186 Å². The van der Waals surface area contributed by atoms with E-state index in [9.17, 15) is 30.8 Å². The molecule has 0 saturated carbocycles. The highest BCUT2D eigenvalue weighted by Crippen LogP contribution is 2.35. The summed E-state index contributed by atoms with van der Waals surface area (Å²) in [6.07, 6.45) is -3.86. The minimum atomic E-state index is -4.82. The molecule has 1 amide bonds. The number of nitrogens with zero attached hydrogens (tertiary/aromatic N) is 1. The second-order valence-electron chi connectivity index (χ2n) is 7.32. The van der Waals surface area contributed by atoms with Crippen LogP contribution in [0.3, 0.4) is 0 Å². The first-order valence-corrected chi connectivity index (χ1v) is 11.4. The van der Waals surface area contributed by atoms with E-state index < -0.39 is 44.1 Å². The molecular weight excluding hydrogens is 468 g/mol. The van der Waals surface area contributed by atoms with E-state index in [0.29, 0.717) is 17.8 Å². The van der Waals surface area contributed by atoms with Crippen LogP contribution in [0.2, 0.25) is 0 Å². The Bertz CT molecular complexity index is 1330. The Balaban J connectivity index is 1.66. The highest BCUT2D eigenvalue weighted by atomic mass is 32.2. The molecule has 1 saturated heterocycles. The number of carbonyl (C=O) groups excluding carboxylic acids is 1. The quantitative estimate of drug-likeness (QED) is 0.522. The van der Waals surface area contributed by atoms with Crippen LogP contribution in [-0.4, -0.2) is 34.0 Å². The zero-order valence-electron chi connectivity index (χ0n) is 17.2. The van der Waals surface area contributed by atoms with E-state index in [2.05, 4.69) is 0 Å². The number of fused-ring (bicyclic) bond motifs is 1. The predicted molar refractivity (Wildman–Crippen MR) is 110 cm³/mol. The van der Waals surface area contributed by atoms with Crippen LogP contribution < -0.4 is 14.4 Å². The van der Waals surface area contributed by atoms with Crippen molar-refractivity contribution < 1.29 is 39.9 Å². The van der Waals surface area contributed by atoms with E-state index >= 15 is 0 Å². The average Bonchev–Trinajstić information content (AvgIpc) is 3.11. The molecule has 2 aromatic carbocycles. The van der Waals surface area contributed by atoms with Gasteiger partial charge in [0.25, 0.3) is 10.0 Å². The highest BCUT2D eigenvalue weighted by molar-refractivity contribution is 7.90. The molecule has 3 aromatic rings. The fraction of sp³-hybridized carbons (Fsp3) is 0.286. The van der Waals surface area contributed by atoms with Crippen molar-refractivity contribution >= 4 is 32.6 Å². The molecule has 0 aliphatic carbocycles. The van der Waals surface area contributed by atoms with E-state index in [1.54, 1.807) is 4.72 Å². The monoisotopic (exact) mass is 486 g/mol. The first-order valence-electron chi connectivity index (χ1n) is 9.89. The van der Waals surface area contributed by atoms with Crippen molar-refractivity contribution in [1.29, 1.82) is 0 Å². The SMILES string of the molecule is CCOc1ccc(C(F)(F)F)cc1S(=O)(=O)NC(=O)c1cc2c(F)cc(N3CCC3)cc2o1. The second-order valence-corrected chi connectivity index (χ2v) is 8.97. The van der Waals surface area contributed by atoms with Gasteiger partial charge in [-0.2, -0.15) is 13.2 Å². The lowest BCUT2D eigenvalue weighted by molar-refractivity contribution is -0.137. The molecule has 1 N–H and O–H groups in total. The van der Waals surface area contributed by atoms with Gasteiger partial charge in [0.2, 0.25) is 0 Å². The van der Waals surface area contributed by atoms with Crippen molar-refractivity contribution in [2.45, 2.75) is 24.4 Å². The number of benzene rings is 2. The molecule has 0 atom stereocenters. The minimum Gasteiger partial charge on any atom is -0.492 e. The molecule has 1 aliphatic rings. The van der Waals surface area contributed by atoms with Crippen molar-refractivity contribution in [2.75, 3.05) is 24.6 Å². The molecule has 176 valence electrons. The summed E-state index contributed by atoms with van der Waals surface area (Å²) in [6.45, 7) is 2.99. The molecule has 33 heavy (non-hydrogen) atoms. The smallest absolute Gasteiger partial charge is 0.416 e. The minimum absolute atomic E-state index is 0.0238. The first-order chi connectivity index (χ1) is 15.5. The topological polar surface area (TPSA) is 88.8 Å². The summed E-state index contributed by atoms with van der Waals surface area (Å²) >= 11 is 0. The van der Waals surface area contributed by atoms with Gasteiger partial charge in [-0.3, -0.25) is 4.79 Å². The summed E-state index contributed by atoms with van der Waals surface area (Å²) in [7, 11) is -4.79. The third-order valence-electron chi connectivity index (χ3n) is 5.10. The number of sulfonamides is 1. The Morgan fingerprint density at radius 2 is 1.91 bits per heavy atom. The van der Waals surface area contributed by atoms with Crippen molar-refractivity contribution in [3.8, 4) is 5.75 Å². The average molecular weight is 486 g/mol. The van der Waals surface area contributed by atoms with Gasteiger partial charge in [0.05, 0.1) is 17.6 Å². The van der Waals surface area contributed by atoms with Crippen LogP contribution in [-0.2, 0) is 16.2 Å². The van der Waals surface area contributed by atoms with Gasteiger partial charge < -0.3 is 14.1 Å². The van der Waals surface area contributed by atoms with Crippen molar-refractivity contribution in [1.82, 2.24) is 4.72 Å². The number of nitrogens with one attached hydrogen (secondary N) is 1. The standard InChI is InChI=1S/C21H18F4N2O5S/c1-2-31-16-5-4-12(21(23,24)25)8-19(16)33(29,30)26-20(28)18-11-14-15(22)9-13(10-17(14)32-18)27-6-3-7-27/h4-5,8-11H,2-3,6-7H2,1H3,(H,26,28). The Kier molecular flexibility index (Phi) is 5.72. The Morgan fingerprint density at radius 1 is 1.18 bits per heavy atom. The molecule has 2 heterocycles. The van der Waals surface area contributed by atoms with Crippen LogP contribution in [0.1, 0.15) is 29.5 Å². The van der Waals surface area contributed by atoms with E-state index in [0.717, 1.165) is 31.6 Å². The van der Waals surface area contributed by atoms with Crippen molar-refractivity contribution in [2.24, 2.45) is 0 Å². The van der Waals surface area contributed by atoms with E-state index in [4.69, 9.17) is 9.15 Å². The van der Waals surface area contributed by atoms with Gasteiger partial charge >= 0.3 is 12.1 Å². The molecular formula is C21H18F4N2O5S. The van der Waals surface area contributed by atoms with Crippen LogP contribution in [0.25, 0.3) is 11.0 Å². The molecule has 0 spiro atoms. The second kappa shape index (κ2) is 8.25. The first kappa shape index (κ1) is 22.9. The zero-order valence-corrected chi connectivity index (χ0v) is 18.0. The van der Waals surface area contributed by atoms with E-state index in [1.807, 2.05) is 4.90 Å².